The molecule has 0 aliphatic heterocycles. The Bertz CT molecular complexity index is 536. The fraction of sp³-hybridized carbons (Fsp3) is 0.533. The minimum atomic E-state index is -0.767. The van der Waals surface area contributed by atoms with Gasteiger partial charge < -0.3 is 19.2 Å². The number of ether oxygens (including phenoxy) is 2. The number of aryl methyl sites for hydroxylation is 1. The lowest BCUT2D eigenvalue weighted by molar-refractivity contribution is -0.147. The van der Waals surface area contributed by atoms with Crippen molar-refractivity contribution >= 4 is 17.8 Å². The SMILES string of the molecule is CC[C@@H](C)[C@H](NC(=O)COC(=O)c1ccoc1C)C(=O)OC. The Labute approximate surface area is 129 Å². The van der Waals surface area contributed by atoms with Crippen LogP contribution in [0, 0.1) is 12.8 Å². The second-order valence-corrected chi connectivity index (χ2v) is 4.92. The third-order valence-corrected chi connectivity index (χ3v) is 3.40. The second-order valence-electron chi connectivity index (χ2n) is 4.92. The quantitative estimate of drug-likeness (QED) is 0.766. The lowest BCUT2D eigenvalue weighted by Crippen LogP contribution is -2.47. The number of amides is 1. The Morgan fingerprint density at radius 2 is 2.05 bits per heavy atom. The number of hydrogen-bond acceptors (Lipinski definition) is 6. The molecule has 1 amide bonds. The second kappa shape index (κ2) is 8.21. The minimum absolute atomic E-state index is 0.0942. The van der Waals surface area contributed by atoms with Gasteiger partial charge in [0.1, 0.15) is 17.4 Å². The van der Waals surface area contributed by atoms with Gasteiger partial charge in [-0.15, -0.1) is 0 Å². The first-order valence-corrected chi connectivity index (χ1v) is 6.99. The molecule has 7 nitrogen and oxygen atoms in total. The number of carbonyl (C=O) groups is 3. The number of rotatable bonds is 7. The fourth-order valence-electron chi connectivity index (χ4n) is 1.82. The van der Waals surface area contributed by atoms with Crippen LogP contribution in [0.15, 0.2) is 16.7 Å². The van der Waals surface area contributed by atoms with Crippen molar-refractivity contribution in [3.63, 3.8) is 0 Å². The topological polar surface area (TPSA) is 94.8 Å². The van der Waals surface area contributed by atoms with Crippen LogP contribution in [-0.4, -0.2) is 37.6 Å². The van der Waals surface area contributed by atoms with E-state index in [1.54, 1.807) is 6.92 Å². The van der Waals surface area contributed by atoms with E-state index in [-0.39, 0.29) is 11.5 Å². The molecule has 0 aliphatic rings. The molecule has 22 heavy (non-hydrogen) atoms. The van der Waals surface area contributed by atoms with Crippen LogP contribution in [0.1, 0.15) is 36.4 Å². The Morgan fingerprint density at radius 3 is 2.55 bits per heavy atom. The maximum Gasteiger partial charge on any atom is 0.342 e. The van der Waals surface area contributed by atoms with Crippen molar-refractivity contribution in [2.45, 2.75) is 33.2 Å². The number of furan rings is 1. The summed E-state index contributed by atoms with van der Waals surface area (Å²) in [4.78, 5) is 35.2. The van der Waals surface area contributed by atoms with Gasteiger partial charge in [0.2, 0.25) is 0 Å². The van der Waals surface area contributed by atoms with Crippen molar-refractivity contribution < 1.29 is 28.3 Å². The lowest BCUT2D eigenvalue weighted by Gasteiger charge is -2.21. The Balaban J connectivity index is 2.55. The number of esters is 2. The highest BCUT2D eigenvalue weighted by molar-refractivity contribution is 5.92. The zero-order chi connectivity index (χ0) is 16.7. The summed E-state index contributed by atoms with van der Waals surface area (Å²) < 4.78 is 14.5. The maximum atomic E-state index is 11.8. The zero-order valence-corrected chi connectivity index (χ0v) is 13.2. The average Bonchev–Trinajstić information content (AvgIpc) is 2.94. The van der Waals surface area contributed by atoms with Crippen molar-refractivity contribution in [1.82, 2.24) is 5.32 Å². The van der Waals surface area contributed by atoms with Gasteiger partial charge >= 0.3 is 11.9 Å². The molecule has 1 N–H and O–H groups in total. The molecule has 2 atom stereocenters. The van der Waals surface area contributed by atoms with E-state index in [1.807, 2.05) is 13.8 Å². The highest BCUT2D eigenvalue weighted by Gasteiger charge is 2.27. The molecule has 0 spiro atoms. The summed E-state index contributed by atoms with van der Waals surface area (Å²) in [7, 11) is 1.26. The van der Waals surface area contributed by atoms with E-state index in [2.05, 4.69) is 10.1 Å². The van der Waals surface area contributed by atoms with E-state index >= 15 is 0 Å². The van der Waals surface area contributed by atoms with Crippen molar-refractivity contribution in [1.29, 1.82) is 0 Å². The minimum Gasteiger partial charge on any atom is -0.469 e. The summed E-state index contributed by atoms with van der Waals surface area (Å²) >= 11 is 0. The van der Waals surface area contributed by atoms with E-state index in [9.17, 15) is 14.4 Å². The van der Waals surface area contributed by atoms with Gasteiger partial charge in [0.15, 0.2) is 6.61 Å². The molecular weight excluding hydrogens is 290 g/mol. The summed E-state index contributed by atoms with van der Waals surface area (Å²) in [6, 6.07) is 0.697. The van der Waals surface area contributed by atoms with Crippen LogP contribution < -0.4 is 5.32 Å². The van der Waals surface area contributed by atoms with Crippen molar-refractivity contribution in [2.24, 2.45) is 5.92 Å². The van der Waals surface area contributed by atoms with Gasteiger partial charge in [-0.05, 0) is 18.9 Å². The molecule has 1 rings (SSSR count). The van der Waals surface area contributed by atoms with Crippen LogP contribution in [0.4, 0.5) is 0 Å². The molecule has 0 radical (unpaired) electrons. The predicted octanol–water partition coefficient (Wildman–Crippen LogP) is 1.45. The van der Waals surface area contributed by atoms with Crippen molar-refractivity contribution in [3.05, 3.63) is 23.7 Å². The first kappa shape index (κ1) is 17.7. The number of nitrogens with one attached hydrogen (secondary N) is 1. The molecule has 0 unspecified atom stereocenters. The lowest BCUT2D eigenvalue weighted by atomic mass is 9.99. The summed E-state index contributed by atoms with van der Waals surface area (Å²) in [5, 5.41) is 2.52. The first-order valence-electron chi connectivity index (χ1n) is 6.99. The molecular formula is C15H21NO6. The van der Waals surface area contributed by atoms with Gasteiger partial charge in [-0.1, -0.05) is 20.3 Å². The van der Waals surface area contributed by atoms with Crippen LogP contribution in [0.25, 0.3) is 0 Å². The Kier molecular flexibility index (Phi) is 6.62. The van der Waals surface area contributed by atoms with Crippen LogP contribution in [0.5, 0.6) is 0 Å². The van der Waals surface area contributed by atoms with Gasteiger partial charge in [0.25, 0.3) is 5.91 Å². The van der Waals surface area contributed by atoms with Gasteiger partial charge in [0, 0.05) is 0 Å². The highest BCUT2D eigenvalue weighted by atomic mass is 16.5. The van der Waals surface area contributed by atoms with Gasteiger partial charge in [-0.25, -0.2) is 9.59 Å². The highest BCUT2D eigenvalue weighted by Crippen LogP contribution is 2.11. The fourth-order valence-corrected chi connectivity index (χ4v) is 1.82. The molecule has 0 aromatic carbocycles. The monoisotopic (exact) mass is 311 g/mol. The van der Waals surface area contributed by atoms with Crippen molar-refractivity contribution in [2.75, 3.05) is 13.7 Å². The number of hydrogen-bond donors (Lipinski definition) is 1. The van der Waals surface area contributed by atoms with Crippen LogP contribution >= 0.6 is 0 Å². The molecule has 0 saturated heterocycles. The molecule has 0 saturated carbocycles. The normalized spacial score (nSPS) is 13.1. The third-order valence-electron chi connectivity index (χ3n) is 3.40. The molecule has 122 valence electrons. The van der Waals surface area contributed by atoms with E-state index in [0.717, 1.165) is 0 Å². The van der Waals surface area contributed by atoms with Crippen LogP contribution in [0.2, 0.25) is 0 Å². The summed E-state index contributed by atoms with van der Waals surface area (Å²) in [5.41, 5.74) is 0.263. The molecule has 0 bridgehead atoms. The van der Waals surface area contributed by atoms with Crippen LogP contribution in [0.3, 0.4) is 0 Å². The first-order chi connectivity index (χ1) is 10.4. The Hall–Kier alpha value is -2.31. The molecule has 1 aromatic heterocycles. The zero-order valence-electron chi connectivity index (χ0n) is 13.2. The van der Waals surface area contributed by atoms with Gasteiger partial charge in [-0.2, -0.15) is 0 Å². The molecule has 0 fully saturated rings. The summed E-state index contributed by atoms with van der Waals surface area (Å²) in [5.74, 6) is -1.43. The largest absolute Gasteiger partial charge is 0.469 e. The third kappa shape index (κ3) is 4.61. The molecule has 1 aromatic rings. The molecule has 0 aliphatic carbocycles. The van der Waals surface area contributed by atoms with E-state index in [0.29, 0.717) is 12.2 Å². The summed E-state index contributed by atoms with van der Waals surface area (Å²) in [6.45, 7) is 4.86. The molecule has 1 heterocycles. The smallest absolute Gasteiger partial charge is 0.342 e. The average molecular weight is 311 g/mol. The van der Waals surface area contributed by atoms with E-state index in [4.69, 9.17) is 9.15 Å². The van der Waals surface area contributed by atoms with Gasteiger partial charge in [0.05, 0.1) is 13.4 Å². The number of carbonyl (C=O) groups excluding carboxylic acids is 3. The van der Waals surface area contributed by atoms with Crippen molar-refractivity contribution in [3.8, 4) is 0 Å². The van der Waals surface area contributed by atoms with Crippen LogP contribution in [-0.2, 0) is 19.1 Å². The summed E-state index contributed by atoms with van der Waals surface area (Å²) in [6.07, 6.45) is 2.05. The van der Waals surface area contributed by atoms with Gasteiger partial charge in [-0.3, -0.25) is 4.79 Å². The van der Waals surface area contributed by atoms with E-state index < -0.39 is 30.5 Å². The number of methoxy groups -OCH3 is 1. The standard InChI is InChI=1S/C15H21NO6/c1-5-9(2)13(15(19)20-4)16-12(17)8-22-14(18)11-6-7-21-10(11)3/h6-7,9,13H,5,8H2,1-4H3,(H,16,17)/t9-,13+/m1/s1. The molecule has 7 heteroatoms. The predicted molar refractivity (Wildman–Crippen MR) is 77.1 cm³/mol. The Morgan fingerprint density at radius 1 is 1.36 bits per heavy atom. The maximum absolute atomic E-state index is 11.8. The van der Waals surface area contributed by atoms with E-state index in [1.165, 1.54) is 19.4 Å².